The molecule has 1 fully saturated rings. The zero-order valence-corrected chi connectivity index (χ0v) is 14.2. The lowest BCUT2D eigenvalue weighted by Crippen LogP contribution is -2.28. The van der Waals surface area contributed by atoms with Gasteiger partial charge in [0, 0.05) is 23.9 Å². The van der Waals surface area contributed by atoms with E-state index in [9.17, 15) is 5.11 Å². The first-order valence-corrected chi connectivity index (χ1v) is 8.84. The molecule has 24 heavy (non-hydrogen) atoms. The van der Waals surface area contributed by atoms with Gasteiger partial charge in [-0.2, -0.15) is 0 Å². The molecule has 3 aromatic rings. The van der Waals surface area contributed by atoms with Gasteiger partial charge in [-0.3, -0.25) is 0 Å². The van der Waals surface area contributed by atoms with Crippen molar-refractivity contribution < 1.29 is 9.84 Å². The molecule has 3 aromatic heterocycles. The first-order chi connectivity index (χ1) is 11.7. The van der Waals surface area contributed by atoms with Crippen LogP contribution in [0.2, 0.25) is 0 Å². The van der Waals surface area contributed by atoms with Crippen LogP contribution in [-0.2, 0) is 0 Å². The fourth-order valence-electron chi connectivity index (χ4n) is 3.00. The highest BCUT2D eigenvalue weighted by atomic mass is 32.1. The molecule has 0 unspecified atom stereocenters. The summed E-state index contributed by atoms with van der Waals surface area (Å²) in [6.45, 7) is 0. The normalized spacial score (nSPS) is 21.1. The quantitative estimate of drug-likeness (QED) is 0.756. The maximum absolute atomic E-state index is 9.60. The van der Waals surface area contributed by atoms with Gasteiger partial charge in [-0.1, -0.05) is 11.3 Å². The van der Waals surface area contributed by atoms with Gasteiger partial charge in [0.05, 0.1) is 25.1 Å². The fraction of sp³-hybridized carbons (Fsp3) is 0.438. The Morgan fingerprint density at radius 2 is 2.04 bits per heavy atom. The highest BCUT2D eigenvalue weighted by Gasteiger charge is 2.21. The molecule has 4 rings (SSSR count). The minimum absolute atomic E-state index is 0.147. The van der Waals surface area contributed by atoms with Crippen LogP contribution in [0.3, 0.4) is 0 Å². The highest BCUT2D eigenvalue weighted by molar-refractivity contribution is 7.20. The van der Waals surface area contributed by atoms with E-state index in [-0.39, 0.29) is 6.10 Å². The van der Waals surface area contributed by atoms with Gasteiger partial charge in [0.25, 0.3) is 0 Å². The second-order valence-electron chi connectivity index (χ2n) is 5.98. The molecule has 0 radical (unpaired) electrons. The number of hydrogen-bond donors (Lipinski definition) is 2. The third-order valence-electron chi connectivity index (χ3n) is 4.35. The summed E-state index contributed by atoms with van der Waals surface area (Å²) in [4.78, 5) is 9.53. The Morgan fingerprint density at radius 3 is 2.75 bits per heavy atom. The summed E-state index contributed by atoms with van der Waals surface area (Å²) in [5, 5.41) is 18.6. The standard InChI is InChI=1S/C16H19N5O2S/c1-23-14-7-2-10(8-17-14)13-9-18-16-21(13)20-15(24-16)19-11-3-5-12(22)6-4-11/h2,7-9,11-12,22H,3-6H2,1H3,(H,19,20). The number of nitrogens with zero attached hydrogens (tertiary/aromatic N) is 4. The molecule has 7 nitrogen and oxygen atoms in total. The Morgan fingerprint density at radius 1 is 1.21 bits per heavy atom. The van der Waals surface area contributed by atoms with E-state index in [4.69, 9.17) is 4.74 Å². The third kappa shape index (κ3) is 2.94. The molecule has 0 aliphatic heterocycles. The van der Waals surface area contributed by atoms with Gasteiger partial charge in [0.2, 0.25) is 16.0 Å². The molecule has 8 heteroatoms. The van der Waals surface area contributed by atoms with E-state index in [1.165, 1.54) is 11.3 Å². The van der Waals surface area contributed by atoms with Crippen molar-refractivity contribution in [1.29, 1.82) is 0 Å². The molecule has 0 amide bonds. The molecule has 0 spiro atoms. The number of aliphatic hydroxyl groups is 1. The topological polar surface area (TPSA) is 84.6 Å². The Bertz CT molecular complexity index is 821. The van der Waals surface area contributed by atoms with Crippen LogP contribution in [0.4, 0.5) is 5.13 Å². The Kier molecular flexibility index (Phi) is 4.07. The summed E-state index contributed by atoms with van der Waals surface area (Å²) in [7, 11) is 1.60. The monoisotopic (exact) mass is 345 g/mol. The maximum Gasteiger partial charge on any atom is 0.214 e. The van der Waals surface area contributed by atoms with Gasteiger partial charge in [0.1, 0.15) is 0 Å². The number of ether oxygens (including phenoxy) is 1. The lowest BCUT2D eigenvalue weighted by Gasteiger charge is -2.25. The molecule has 1 aliphatic rings. The van der Waals surface area contributed by atoms with Crippen molar-refractivity contribution in [2.75, 3.05) is 12.4 Å². The molecular weight excluding hydrogens is 326 g/mol. The number of nitrogens with one attached hydrogen (secondary N) is 1. The molecule has 1 saturated carbocycles. The minimum atomic E-state index is -0.147. The van der Waals surface area contributed by atoms with Crippen molar-refractivity contribution in [3.05, 3.63) is 24.5 Å². The average molecular weight is 345 g/mol. The number of methoxy groups -OCH3 is 1. The predicted octanol–water partition coefficient (Wildman–Crippen LogP) is 2.58. The van der Waals surface area contributed by atoms with Gasteiger partial charge in [0.15, 0.2) is 0 Å². The summed E-state index contributed by atoms with van der Waals surface area (Å²) in [5.74, 6) is 0.583. The van der Waals surface area contributed by atoms with Crippen molar-refractivity contribution in [3.8, 4) is 17.1 Å². The number of rotatable bonds is 4. The number of aromatic nitrogens is 4. The van der Waals surface area contributed by atoms with Crippen LogP contribution in [-0.4, -0.2) is 43.9 Å². The van der Waals surface area contributed by atoms with E-state index in [1.54, 1.807) is 13.3 Å². The Labute approximate surface area is 143 Å². The van der Waals surface area contributed by atoms with Gasteiger partial charge in [-0.05, 0) is 31.7 Å². The van der Waals surface area contributed by atoms with Gasteiger partial charge < -0.3 is 15.2 Å². The average Bonchev–Trinajstić information content (AvgIpc) is 3.17. The Balaban J connectivity index is 1.56. The van der Waals surface area contributed by atoms with Gasteiger partial charge in [-0.15, -0.1) is 5.10 Å². The second-order valence-corrected chi connectivity index (χ2v) is 6.94. The fourth-order valence-corrected chi connectivity index (χ4v) is 3.85. The van der Waals surface area contributed by atoms with Crippen molar-refractivity contribution in [2.45, 2.75) is 37.8 Å². The molecule has 3 heterocycles. The van der Waals surface area contributed by atoms with Crippen molar-refractivity contribution in [1.82, 2.24) is 19.6 Å². The molecule has 0 atom stereocenters. The van der Waals surface area contributed by atoms with Crippen LogP contribution >= 0.6 is 11.3 Å². The van der Waals surface area contributed by atoms with Crippen LogP contribution < -0.4 is 10.1 Å². The van der Waals surface area contributed by atoms with E-state index in [0.717, 1.165) is 47.0 Å². The zero-order valence-electron chi connectivity index (χ0n) is 13.3. The summed E-state index contributed by atoms with van der Waals surface area (Å²) in [6, 6.07) is 4.15. The first-order valence-electron chi connectivity index (χ1n) is 8.02. The number of imidazole rings is 1. The van der Waals surface area contributed by atoms with Crippen LogP contribution in [0, 0.1) is 0 Å². The molecule has 2 N–H and O–H groups in total. The highest BCUT2D eigenvalue weighted by Crippen LogP contribution is 2.28. The summed E-state index contributed by atoms with van der Waals surface area (Å²) >= 11 is 1.54. The largest absolute Gasteiger partial charge is 0.481 e. The van der Waals surface area contributed by atoms with Crippen LogP contribution in [0.1, 0.15) is 25.7 Å². The Hall–Kier alpha value is -2.19. The molecule has 0 bridgehead atoms. The number of hydrogen-bond acceptors (Lipinski definition) is 7. The third-order valence-corrected chi connectivity index (χ3v) is 5.20. The van der Waals surface area contributed by atoms with E-state index in [1.807, 2.05) is 22.8 Å². The molecule has 1 aliphatic carbocycles. The van der Waals surface area contributed by atoms with Gasteiger partial charge in [-0.25, -0.2) is 14.5 Å². The van der Waals surface area contributed by atoms with Crippen molar-refractivity contribution in [2.24, 2.45) is 0 Å². The van der Waals surface area contributed by atoms with Crippen LogP contribution in [0.25, 0.3) is 16.2 Å². The van der Waals surface area contributed by atoms with Crippen molar-refractivity contribution in [3.63, 3.8) is 0 Å². The molecular formula is C16H19N5O2S. The summed E-state index contributed by atoms with van der Waals surface area (Å²) in [5.41, 5.74) is 1.85. The second kappa shape index (κ2) is 6.37. The van der Waals surface area contributed by atoms with Crippen LogP contribution in [0.15, 0.2) is 24.5 Å². The minimum Gasteiger partial charge on any atom is -0.481 e. The smallest absolute Gasteiger partial charge is 0.214 e. The molecule has 126 valence electrons. The van der Waals surface area contributed by atoms with E-state index in [0.29, 0.717) is 11.9 Å². The predicted molar refractivity (Wildman–Crippen MR) is 92.5 cm³/mol. The van der Waals surface area contributed by atoms with E-state index >= 15 is 0 Å². The SMILES string of the molecule is COc1ccc(-c2cnc3sc(NC4CCC(O)CC4)nn23)cn1. The molecule has 0 aromatic carbocycles. The summed E-state index contributed by atoms with van der Waals surface area (Å²) < 4.78 is 6.94. The molecule has 0 saturated heterocycles. The number of anilines is 1. The van der Waals surface area contributed by atoms with Crippen LogP contribution in [0.5, 0.6) is 5.88 Å². The zero-order chi connectivity index (χ0) is 16.5. The maximum atomic E-state index is 9.60. The van der Waals surface area contributed by atoms with Gasteiger partial charge >= 0.3 is 0 Å². The lowest BCUT2D eigenvalue weighted by atomic mass is 9.93. The summed E-state index contributed by atoms with van der Waals surface area (Å²) in [6.07, 6.45) is 7.06. The number of fused-ring (bicyclic) bond motifs is 1. The first kappa shape index (κ1) is 15.3. The lowest BCUT2D eigenvalue weighted by molar-refractivity contribution is 0.126. The number of pyridine rings is 1. The van der Waals surface area contributed by atoms with E-state index in [2.05, 4.69) is 20.4 Å². The number of aliphatic hydroxyl groups excluding tert-OH is 1. The van der Waals surface area contributed by atoms with E-state index < -0.39 is 0 Å². The van der Waals surface area contributed by atoms with Crippen molar-refractivity contribution >= 4 is 21.4 Å².